The summed E-state index contributed by atoms with van der Waals surface area (Å²) >= 11 is 22.3. The first-order valence-corrected chi connectivity index (χ1v) is 12.0. The average molecular weight is 371 g/mol. The lowest BCUT2D eigenvalue weighted by Crippen LogP contribution is -1.87. The first kappa shape index (κ1) is 18.8. The quantitative estimate of drug-likeness (QED) is 0.252. The SMILES string of the molecule is SCSCCCSCSCSC(S)SCS. The molecule has 0 aromatic carbocycles. The van der Waals surface area contributed by atoms with E-state index in [1.165, 1.54) is 23.0 Å². The lowest BCUT2D eigenvalue weighted by Gasteiger charge is -2.07. The third kappa shape index (κ3) is 14.9. The molecular weight excluding hydrogens is 353 g/mol. The van der Waals surface area contributed by atoms with Gasteiger partial charge in [-0.1, -0.05) is 0 Å². The van der Waals surface area contributed by atoms with Crippen LogP contribution in [0.2, 0.25) is 0 Å². The first-order valence-electron chi connectivity index (χ1n) is 4.67. The van der Waals surface area contributed by atoms with E-state index in [1.54, 1.807) is 11.8 Å². The molecular formula is C8H18S8. The summed E-state index contributed by atoms with van der Waals surface area (Å²) in [7, 11) is 0. The molecule has 0 amide bonds. The van der Waals surface area contributed by atoms with Gasteiger partial charge in [-0.05, 0) is 17.9 Å². The molecule has 0 spiro atoms. The Balaban J connectivity index is 2.98. The molecule has 0 radical (unpaired) electrons. The highest BCUT2D eigenvalue weighted by atomic mass is 32.3. The van der Waals surface area contributed by atoms with Crippen LogP contribution in [-0.4, -0.2) is 35.8 Å². The summed E-state index contributed by atoms with van der Waals surface area (Å²) < 4.78 is 0.377. The van der Waals surface area contributed by atoms with Gasteiger partial charge < -0.3 is 0 Å². The zero-order valence-corrected chi connectivity index (χ0v) is 15.7. The molecule has 1 atom stereocenters. The van der Waals surface area contributed by atoms with Gasteiger partial charge in [-0.25, -0.2) is 0 Å². The molecule has 0 saturated heterocycles. The monoisotopic (exact) mass is 370 g/mol. The average Bonchev–Trinajstić information content (AvgIpc) is 2.27. The summed E-state index contributed by atoms with van der Waals surface area (Å²) in [4.78, 5) is 0. The van der Waals surface area contributed by atoms with Gasteiger partial charge in [0, 0.05) is 20.3 Å². The van der Waals surface area contributed by atoms with Crippen LogP contribution in [0, 0.1) is 0 Å². The maximum atomic E-state index is 4.44. The maximum absolute atomic E-state index is 4.44. The van der Waals surface area contributed by atoms with E-state index in [9.17, 15) is 0 Å². The zero-order chi connectivity index (χ0) is 12.1. The number of rotatable bonds is 12. The fourth-order valence-electron chi connectivity index (χ4n) is 0.698. The van der Waals surface area contributed by atoms with Crippen molar-refractivity contribution in [2.24, 2.45) is 0 Å². The van der Waals surface area contributed by atoms with E-state index in [1.807, 2.05) is 47.0 Å². The highest BCUT2D eigenvalue weighted by molar-refractivity contribution is 8.33. The largest absolute Gasteiger partial charge is 0.168 e. The van der Waals surface area contributed by atoms with Crippen LogP contribution in [0.3, 0.4) is 0 Å². The fraction of sp³-hybridized carbons (Fsp3) is 1.00. The van der Waals surface area contributed by atoms with Crippen LogP contribution in [0.5, 0.6) is 0 Å². The van der Waals surface area contributed by atoms with Gasteiger partial charge in [0.2, 0.25) is 0 Å². The second kappa shape index (κ2) is 15.9. The summed E-state index contributed by atoms with van der Waals surface area (Å²) in [6, 6.07) is 0. The molecule has 0 rings (SSSR count). The number of thiol groups is 3. The number of hydrogen-bond acceptors (Lipinski definition) is 8. The fourth-order valence-corrected chi connectivity index (χ4v) is 7.86. The molecule has 0 heterocycles. The molecule has 0 aliphatic heterocycles. The predicted octanol–water partition coefficient (Wildman–Crippen LogP) is 4.95. The normalized spacial score (nSPS) is 12.9. The van der Waals surface area contributed by atoms with Crippen molar-refractivity contribution in [3.8, 4) is 0 Å². The summed E-state index contributed by atoms with van der Waals surface area (Å²) in [6.45, 7) is 0. The third-order valence-electron chi connectivity index (χ3n) is 1.35. The van der Waals surface area contributed by atoms with Crippen molar-refractivity contribution in [2.45, 2.75) is 10.3 Å². The summed E-state index contributed by atoms with van der Waals surface area (Å²) in [5.74, 6) is 2.52. The van der Waals surface area contributed by atoms with E-state index in [0.717, 1.165) is 15.3 Å². The summed E-state index contributed by atoms with van der Waals surface area (Å²) in [6.07, 6.45) is 1.30. The van der Waals surface area contributed by atoms with Crippen molar-refractivity contribution in [3.63, 3.8) is 0 Å². The van der Waals surface area contributed by atoms with Gasteiger partial charge in [0.15, 0.2) is 0 Å². The number of hydrogen-bond donors (Lipinski definition) is 3. The molecule has 16 heavy (non-hydrogen) atoms. The Kier molecular flexibility index (Phi) is 18.6. The van der Waals surface area contributed by atoms with Crippen LogP contribution in [0.4, 0.5) is 0 Å². The molecule has 0 aromatic heterocycles. The van der Waals surface area contributed by atoms with Crippen LogP contribution in [-0.2, 0) is 0 Å². The molecule has 0 nitrogen and oxygen atoms in total. The van der Waals surface area contributed by atoms with E-state index in [2.05, 4.69) is 37.9 Å². The summed E-state index contributed by atoms with van der Waals surface area (Å²) in [5.41, 5.74) is 0. The van der Waals surface area contributed by atoms with Crippen LogP contribution >= 0.6 is 96.7 Å². The molecule has 8 heteroatoms. The summed E-state index contributed by atoms with van der Waals surface area (Å²) in [5, 5.41) is 4.13. The Morgan fingerprint density at radius 2 is 1.56 bits per heavy atom. The maximum Gasteiger partial charge on any atom is 0.0944 e. The second-order valence-corrected chi connectivity index (χ2v) is 11.6. The predicted molar refractivity (Wildman–Crippen MR) is 103 cm³/mol. The minimum absolute atomic E-state index is 0.377. The van der Waals surface area contributed by atoms with Crippen molar-refractivity contribution in [2.75, 3.05) is 31.8 Å². The van der Waals surface area contributed by atoms with Crippen LogP contribution in [0.25, 0.3) is 0 Å². The number of thioether (sulfide) groups is 5. The van der Waals surface area contributed by atoms with Crippen molar-refractivity contribution in [1.29, 1.82) is 0 Å². The van der Waals surface area contributed by atoms with E-state index >= 15 is 0 Å². The molecule has 98 valence electrons. The standard InChI is InChI=1S/C8H18S8/c9-4-12-2-1-3-13-6-14-7-16-8(11)15-5-10/h8-11H,1-7H2. The van der Waals surface area contributed by atoms with Crippen LogP contribution in [0.15, 0.2) is 0 Å². The molecule has 1 unspecified atom stereocenters. The van der Waals surface area contributed by atoms with Crippen molar-refractivity contribution >= 4 is 96.7 Å². The van der Waals surface area contributed by atoms with E-state index in [0.29, 0.717) is 3.91 Å². The van der Waals surface area contributed by atoms with Crippen molar-refractivity contribution < 1.29 is 0 Å². The molecule has 0 fully saturated rings. The lowest BCUT2D eigenvalue weighted by molar-refractivity contribution is 1.13. The minimum Gasteiger partial charge on any atom is -0.168 e. The van der Waals surface area contributed by atoms with E-state index in [-0.39, 0.29) is 0 Å². The van der Waals surface area contributed by atoms with Crippen LogP contribution in [0.1, 0.15) is 6.42 Å². The molecule has 0 N–H and O–H groups in total. The molecule has 0 bridgehead atoms. The Morgan fingerprint density at radius 3 is 2.25 bits per heavy atom. The Bertz CT molecular complexity index is 133. The van der Waals surface area contributed by atoms with Gasteiger partial charge in [-0.2, -0.15) is 61.4 Å². The van der Waals surface area contributed by atoms with Gasteiger partial charge in [0.25, 0.3) is 0 Å². The third-order valence-corrected chi connectivity index (χ3v) is 8.65. The smallest absolute Gasteiger partial charge is 0.0944 e. The zero-order valence-electron chi connectivity index (χ0n) is 8.91. The first-order chi connectivity index (χ1) is 7.81. The Labute approximate surface area is 137 Å². The second-order valence-electron chi connectivity index (χ2n) is 2.51. The molecule has 0 saturated carbocycles. The van der Waals surface area contributed by atoms with Gasteiger partial charge in [-0.3, -0.25) is 0 Å². The lowest BCUT2D eigenvalue weighted by atomic mass is 10.6. The van der Waals surface area contributed by atoms with Gasteiger partial charge >= 0.3 is 0 Å². The highest BCUT2D eigenvalue weighted by Crippen LogP contribution is 2.31. The van der Waals surface area contributed by atoms with Gasteiger partial charge in [0.05, 0.1) is 3.91 Å². The van der Waals surface area contributed by atoms with E-state index in [4.69, 9.17) is 0 Å². The van der Waals surface area contributed by atoms with Crippen molar-refractivity contribution in [3.05, 3.63) is 0 Å². The van der Waals surface area contributed by atoms with Gasteiger partial charge in [0.1, 0.15) is 0 Å². The molecule has 0 aliphatic carbocycles. The van der Waals surface area contributed by atoms with Crippen molar-refractivity contribution in [1.82, 2.24) is 0 Å². The molecule has 0 aliphatic rings. The Morgan fingerprint density at radius 1 is 0.812 bits per heavy atom. The topological polar surface area (TPSA) is 0 Å². The van der Waals surface area contributed by atoms with Gasteiger partial charge in [-0.15, -0.1) is 35.3 Å². The van der Waals surface area contributed by atoms with Crippen LogP contribution < -0.4 is 0 Å². The minimum atomic E-state index is 0.377. The molecule has 0 aromatic rings. The van der Waals surface area contributed by atoms with E-state index < -0.39 is 0 Å². The highest BCUT2D eigenvalue weighted by Gasteiger charge is 2.01. The Hall–Kier alpha value is 2.80.